The Morgan fingerprint density at radius 3 is 2.70 bits per heavy atom. The highest BCUT2D eigenvalue weighted by atomic mass is 32.2. The lowest BCUT2D eigenvalue weighted by atomic mass is 9.95. The first-order chi connectivity index (χ1) is 10.9. The zero-order valence-corrected chi connectivity index (χ0v) is 14.7. The molecule has 2 bridgehead atoms. The van der Waals surface area contributed by atoms with Crippen molar-refractivity contribution >= 4 is 27.7 Å². The molecule has 0 N–H and O–H groups in total. The number of sulfonamides is 1. The highest BCUT2D eigenvalue weighted by Gasteiger charge is 2.39. The second kappa shape index (κ2) is 6.78. The molecule has 0 radical (unpaired) electrons. The summed E-state index contributed by atoms with van der Waals surface area (Å²) < 4.78 is 25.3. The van der Waals surface area contributed by atoms with Gasteiger partial charge in [0.15, 0.2) is 0 Å². The van der Waals surface area contributed by atoms with E-state index < -0.39 is 10.0 Å². The molecular weight excluding hydrogens is 334 g/mol. The van der Waals surface area contributed by atoms with Gasteiger partial charge in [-0.25, -0.2) is 8.42 Å². The molecule has 126 valence electrons. The van der Waals surface area contributed by atoms with E-state index in [1.54, 1.807) is 16.7 Å². The zero-order valence-electron chi connectivity index (χ0n) is 13.1. The van der Waals surface area contributed by atoms with Gasteiger partial charge in [-0.3, -0.25) is 9.78 Å². The molecule has 1 amide bonds. The number of thioether (sulfide) groups is 1. The number of carbonyl (C=O) groups is 1. The van der Waals surface area contributed by atoms with Crippen molar-refractivity contribution in [3.05, 3.63) is 24.5 Å². The van der Waals surface area contributed by atoms with E-state index in [1.165, 1.54) is 18.0 Å². The fourth-order valence-corrected chi connectivity index (χ4v) is 4.97. The van der Waals surface area contributed by atoms with Crippen LogP contribution in [0.5, 0.6) is 0 Å². The van der Waals surface area contributed by atoms with Crippen molar-refractivity contribution in [2.24, 2.45) is 5.92 Å². The molecule has 1 aromatic heterocycles. The Hall–Kier alpha value is -1.12. The van der Waals surface area contributed by atoms with E-state index in [2.05, 4.69) is 4.98 Å². The van der Waals surface area contributed by atoms with Gasteiger partial charge in [-0.1, -0.05) is 0 Å². The first-order valence-corrected chi connectivity index (χ1v) is 10.5. The summed E-state index contributed by atoms with van der Waals surface area (Å²) in [5.74, 6) is 0.724. The Kier molecular flexibility index (Phi) is 4.93. The molecule has 2 atom stereocenters. The topological polar surface area (TPSA) is 70.6 Å². The number of piperidine rings is 1. The molecule has 23 heavy (non-hydrogen) atoms. The van der Waals surface area contributed by atoms with E-state index in [0.29, 0.717) is 25.4 Å². The Balaban J connectivity index is 1.65. The third kappa shape index (κ3) is 4.05. The normalized spacial score (nSPS) is 25.3. The highest BCUT2D eigenvalue weighted by Crippen LogP contribution is 2.30. The molecule has 3 aliphatic heterocycles. The number of nitrogens with zero attached hydrogens (tertiary/aromatic N) is 3. The summed E-state index contributed by atoms with van der Waals surface area (Å²) in [6, 6.07) is 3.78. The molecule has 4 rings (SSSR count). The van der Waals surface area contributed by atoms with Gasteiger partial charge in [-0.05, 0) is 30.9 Å². The number of amides is 1. The van der Waals surface area contributed by atoms with E-state index >= 15 is 0 Å². The molecule has 0 saturated carbocycles. The van der Waals surface area contributed by atoms with Gasteiger partial charge in [0.05, 0.1) is 12.0 Å². The van der Waals surface area contributed by atoms with E-state index in [0.717, 1.165) is 17.7 Å². The number of rotatable bonds is 4. The lowest BCUT2D eigenvalue weighted by Crippen LogP contribution is -2.48. The third-order valence-corrected chi connectivity index (χ3v) is 6.71. The summed E-state index contributed by atoms with van der Waals surface area (Å²) in [4.78, 5) is 19.5. The van der Waals surface area contributed by atoms with Crippen LogP contribution in [0, 0.1) is 5.92 Å². The minimum Gasteiger partial charge on any atom is -0.337 e. The Labute approximate surface area is 141 Å². The van der Waals surface area contributed by atoms with Crippen LogP contribution in [0.2, 0.25) is 0 Å². The fraction of sp³-hybridized carbons (Fsp3) is 0.600. The molecule has 3 aliphatic rings. The standard InChI is InChI=1S/C15H21N3O3S2/c1-23(20,21)17-8-12-2-3-13(10-17)18(9-12)15(19)11-22-14-4-6-16-7-5-14/h4-7,12-13H,2-3,8-11H2,1H3/t12-,13+/m0/s1. The molecule has 0 spiro atoms. The van der Waals surface area contributed by atoms with Gasteiger partial charge in [0.2, 0.25) is 15.9 Å². The van der Waals surface area contributed by atoms with E-state index in [9.17, 15) is 13.2 Å². The van der Waals surface area contributed by atoms with Crippen molar-refractivity contribution in [1.29, 1.82) is 0 Å². The molecule has 3 saturated heterocycles. The van der Waals surface area contributed by atoms with Crippen LogP contribution in [0.15, 0.2) is 29.4 Å². The van der Waals surface area contributed by atoms with Crippen LogP contribution >= 0.6 is 11.8 Å². The predicted molar refractivity (Wildman–Crippen MR) is 89.6 cm³/mol. The van der Waals surface area contributed by atoms with E-state index in [1.807, 2.05) is 17.0 Å². The second-order valence-corrected chi connectivity index (χ2v) is 9.23. The van der Waals surface area contributed by atoms with Crippen molar-refractivity contribution < 1.29 is 13.2 Å². The average molecular weight is 355 g/mol. The molecule has 0 unspecified atom stereocenters. The number of hydrogen-bond donors (Lipinski definition) is 0. The summed E-state index contributed by atoms with van der Waals surface area (Å²) >= 11 is 1.50. The first kappa shape index (κ1) is 16.7. The maximum atomic E-state index is 12.6. The minimum absolute atomic E-state index is 0.00835. The van der Waals surface area contributed by atoms with Gasteiger partial charge in [0, 0.05) is 43.0 Å². The van der Waals surface area contributed by atoms with Crippen molar-refractivity contribution in [1.82, 2.24) is 14.2 Å². The second-order valence-electron chi connectivity index (χ2n) is 6.19. The Morgan fingerprint density at radius 1 is 1.26 bits per heavy atom. The maximum absolute atomic E-state index is 12.6. The van der Waals surface area contributed by atoms with Crippen molar-refractivity contribution in [2.45, 2.75) is 23.8 Å². The number of pyridine rings is 1. The maximum Gasteiger partial charge on any atom is 0.233 e. The van der Waals surface area contributed by atoms with E-state index in [-0.39, 0.29) is 17.9 Å². The highest BCUT2D eigenvalue weighted by molar-refractivity contribution is 8.00. The van der Waals surface area contributed by atoms with Crippen LogP contribution < -0.4 is 0 Å². The first-order valence-electron chi connectivity index (χ1n) is 7.71. The summed E-state index contributed by atoms with van der Waals surface area (Å²) in [6.45, 7) is 1.64. The van der Waals surface area contributed by atoms with Crippen molar-refractivity contribution in [3.8, 4) is 0 Å². The predicted octanol–water partition coefficient (Wildman–Crippen LogP) is 1.06. The van der Waals surface area contributed by atoms with Crippen LogP contribution in [0.1, 0.15) is 12.8 Å². The van der Waals surface area contributed by atoms with Crippen molar-refractivity contribution in [3.63, 3.8) is 0 Å². The molecule has 4 heterocycles. The lowest BCUT2D eigenvalue weighted by molar-refractivity contribution is -0.132. The summed E-state index contributed by atoms with van der Waals surface area (Å²) in [5.41, 5.74) is 0. The average Bonchev–Trinajstić information content (AvgIpc) is 2.85. The summed E-state index contributed by atoms with van der Waals surface area (Å²) in [6.07, 6.45) is 6.57. The molecule has 8 heteroatoms. The lowest BCUT2D eigenvalue weighted by Gasteiger charge is -2.36. The Morgan fingerprint density at radius 2 is 2.00 bits per heavy atom. The smallest absolute Gasteiger partial charge is 0.233 e. The van der Waals surface area contributed by atoms with Gasteiger partial charge in [-0.2, -0.15) is 4.31 Å². The molecule has 3 fully saturated rings. The summed E-state index contributed by atoms with van der Waals surface area (Å²) in [7, 11) is -3.20. The molecular formula is C15H21N3O3S2. The largest absolute Gasteiger partial charge is 0.337 e. The molecule has 6 nitrogen and oxygen atoms in total. The van der Waals surface area contributed by atoms with Crippen LogP contribution in [-0.4, -0.2) is 66.2 Å². The molecule has 0 aromatic carbocycles. The summed E-state index contributed by atoms with van der Waals surface area (Å²) in [5, 5.41) is 0. The zero-order chi connectivity index (χ0) is 16.4. The van der Waals surface area contributed by atoms with Crippen LogP contribution in [-0.2, 0) is 14.8 Å². The van der Waals surface area contributed by atoms with Gasteiger partial charge >= 0.3 is 0 Å². The number of hydrogen-bond acceptors (Lipinski definition) is 5. The minimum atomic E-state index is -3.20. The SMILES string of the molecule is CS(=O)(=O)N1C[C@@H]2CC[C@H](C1)N(C(=O)CSc1ccncc1)C2. The van der Waals surface area contributed by atoms with Crippen LogP contribution in [0.25, 0.3) is 0 Å². The molecule has 1 aromatic rings. The van der Waals surface area contributed by atoms with Crippen LogP contribution in [0.3, 0.4) is 0 Å². The quantitative estimate of drug-likeness (QED) is 0.755. The number of aromatic nitrogens is 1. The van der Waals surface area contributed by atoms with Crippen LogP contribution in [0.4, 0.5) is 0 Å². The number of fused-ring (bicyclic) bond motifs is 4. The Bertz CT molecular complexity index is 666. The monoisotopic (exact) mass is 355 g/mol. The van der Waals surface area contributed by atoms with E-state index in [4.69, 9.17) is 0 Å². The third-order valence-electron chi connectivity index (χ3n) is 4.48. The molecule has 0 aliphatic carbocycles. The van der Waals surface area contributed by atoms with Gasteiger partial charge < -0.3 is 4.90 Å². The van der Waals surface area contributed by atoms with Gasteiger partial charge in [-0.15, -0.1) is 11.8 Å². The fourth-order valence-electron chi connectivity index (χ4n) is 3.28. The van der Waals surface area contributed by atoms with Gasteiger partial charge in [0.1, 0.15) is 0 Å². The number of carbonyl (C=O) groups excluding carboxylic acids is 1. The van der Waals surface area contributed by atoms with Gasteiger partial charge in [0.25, 0.3) is 0 Å². The van der Waals surface area contributed by atoms with Crippen molar-refractivity contribution in [2.75, 3.05) is 31.6 Å².